The van der Waals surface area contributed by atoms with E-state index >= 15 is 0 Å². The van der Waals surface area contributed by atoms with Gasteiger partial charge in [-0.3, -0.25) is 0 Å². The van der Waals surface area contributed by atoms with Crippen molar-refractivity contribution in [3.8, 4) is 0 Å². The van der Waals surface area contributed by atoms with Gasteiger partial charge >= 0.3 is 29.9 Å². The molecule has 0 N–H and O–H groups in total. The monoisotopic (exact) mass is 273 g/mol. The van der Waals surface area contributed by atoms with Crippen molar-refractivity contribution in [1.29, 1.82) is 0 Å². The topological polar surface area (TPSA) is 63.2 Å². The molecule has 8 heavy (non-hydrogen) atoms. The molecule has 0 aromatic rings. The Balaban J connectivity index is 0. The van der Waals surface area contributed by atoms with Crippen LogP contribution in [0.15, 0.2) is 0 Å². The summed E-state index contributed by atoms with van der Waals surface area (Å²) in [6.07, 6.45) is 0. The first-order chi connectivity index (χ1) is 3.41. The Bertz CT molecular complexity index is 112. The third-order valence-electron chi connectivity index (χ3n) is 0. The average Bonchev–Trinajstić information content (AvgIpc) is 1.27. The van der Waals surface area contributed by atoms with Crippen LogP contribution in [0.25, 0.3) is 0 Å². The van der Waals surface area contributed by atoms with Crippen molar-refractivity contribution in [2.24, 2.45) is 0 Å². The first-order valence-electron chi connectivity index (χ1n) is 1.06. The molecule has 0 aromatic heterocycles. The first kappa shape index (κ1) is 12.3. The van der Waals surface area contributed by atoms with Crippen LogP contribution in [0, 0.1) is 0 Å². The minimum atomic E-state index is -3.72. The van der Waals surface area contributed by atoms with E-state index < -0.39 is 22.4 Å². The van der Waals surface area contributed by atoms with Crippen molar-refractivity contribution in [2.45, 2.75) is 0 Å². The van der Waals surface area contributed by atoms with Gasteiger partial charge in [-0.25, -0.2) is 0 Å². The van der Waals surface area contributed by atoms with E-state index in [1.807, 2.05) is 0 Å². The Labute approximate surface area is 69.1 Å². The van der Waals surface area contributed by atoms with Gasteiger partial charge in [-0.15, -0.1) is 0 Å². The van der Waals surface area contributed by atoms with Crippen molar-refractivity contribution < 1.29 is 29.9 Å². The minimum absolute atomic E-state index is 1.20. The third kappa shape index (κ3) is 126. The summed E-state index contributed by atoms with van der Waals surface area (Å²) in [4.78, 5) is 18.6. The van der Waals surface area contributed by atoms with Gasteiger partial charge in [0.05, 0.1) is 0 Å². The molecule has 0 saturated carbocycles. The predicted molar refractivity (Wildman–Crippen MR) is 29.9 cm³/mol. The fourth-order valence-corrected chi connectivity index (χ4v) is 0. The van der Waals surface area contributed by atoms with Gasteiger partial charge in [0.2, 0.25) is 0 Å². The van der Waals surface area contributed by atoms with E-state index in [1.165, 1.54) is 0 Å². The molecule has 0 amide bonds. The first-order valence-corrected chi connectivity index (χ1v) is 8.33. The van der Waals surface area contributed by atoms with Crippen LogP contribution in [0.2, 0.25) is 0 Å². The molecule has 0 aliphatic heterocycles. The molecule has 0 saturated heterocycles. The molecule has 0 radical (unpaired) electrons. The van der Waals surface area contributed by atoms with Crippen molar-refractivity contribution in [3.05, 3.63) is 0 Å². The summed E-state index contributed by atoms with van der Waals surface area (Å²) < 4.78 is 8.88. The second kappa shape index (κ2) is 6.74. The zero-order valence-corrected chi connectivity index (χ0v) is 8.66. The molecule has 0 unspecified atom stereocenters. The fourth-order valence-electron chi connectivity index (χ4n) is 0. The molecule has 0 aromatic carbocycles. The summed E-state index contributed by atoms with van der Waals surface area (Å²) in [6.45, 7) is 0. The van der Waals surface area contributed by atoms with Gasteiger partial charge < -0.3 is 27.7 Å². The number of rotatable bonds is 0. The molecule has 47 valence electrons. The summed E-state index contributed by atoms with van der Waals surface area (Å²) >= 11 is 6.09. The van der Waals surface area contributed by atoms with E-state index in [0.717, 1.165) is 0 Å². The molecule has 0 aliphatic carbocycles. The molecule has 8 heteroatoms. The van der Waals surface area contributed by atoms with E-state index in [9.17, 15) is 9.79 Å². The van der Waals surface area contributed by atoms with E-state index in [-0.39, 0.29) is 0 Å². The van der Waals surface area contributed by atoms with Crippen LogP contribution in [0.5, 0.6) is 0 Å². The van der Waals surface area contributed by atoms with Crippen molar-refractivity contribution >= 4 is 39.6 Å². The van der Waals surface area contributed by atoms with Gasteiger partial charge in [0, 0.05) is 0 Å². The van der Waals surface area contributed by atoms with E-state index in [4.69, 9.17) is 3.40 Å². The summed E-state index contributed by atoms with van der Waals surface area (Å²) in [7, 11) is 3.97. The molecular formula is MoO3PS3. The molecular weight excluding hydrogens is 271 g/mol. The quantitative estimate of drug-likeness (QED) is 0.320. The van der Waals surface area contributed by atoms with Crippen LogP contribution in [0.1, 0.15) is 0 Å². The summed E-state index contributed by atoms with van der Waals surface area (Å²) in [5.41, 5.74) is -3.72. The normalized spacial score (nSPS) is 8.38. The molecule has 0 aliphatic rings. The fraction of sp³-hybridized carbons (Fsp3) is 0. The molecule has 3 nitrogen and oxygen atoms in total. The Hall–Kier alpha value is 1.63. The SMILES string of the molecule is [O-]P([O-])(=S)[S-].[O]=[Mo+3]=[S]. The molecule has 0 rings (SSSR count). The number of hydrogen-bond donors (Lipinski definition) is 0. The standard InChI is InChI=1S/Mo.H3O2PS2.O.S/c;1-3(2,4)5;;/h;(H3,1,2,4,5);;/q+3;;;/p-3. The molecule has 0 fully saturated rings. The molecule has 0 heterocycles. The van der Waals surface area contributed by atoms with Crippen LogP contribution < -0.4 is 9.79 Å². The van der Waals surface area contributed by atoms with Gasteiger partial charge in [-0.1, -0.05) is 0 Å². The second-order valence-electron chi connectivity index (χ2n) is 0.515. The zero-order valence-electron chi connectivity index (χ0n) is 3.30. The van der Waals surface area contributed by atoms with Crippen LogP contribution in [-0.2, 0) is 44.2 Å². The van der Waals surface area contributed by atoms with Crippen molar-refractivity contribution in [2.75, 3.05) is 0 Å². The van der Waals surface area contributed by atoms with E-state index in [1.54, 1.807) is 0 Å². The summed E-state index contributed by atoms with van der Waals surface area (Å²) in [6, 6.07) is 0. The maximum absolute atomic E-state index is 9.29. The Morgan fingerprint density at radius 2 is 1.62 bits per heavy atom. The van der Waals surface area contributed by atoms with Crippen molar-refractivity contribution in [3.63, 3.8) is 0 Å². The van der Waals surface area contributed by atoms with E-state index in [2.05, 4.69) is 33.9 Å². The average molecular weight is 271 g/mol. The van der Waals surface area contributed by atoms with Gasteiger partial charge in [0.25, 0.3) is 0 Å². The van der Waals surface area contributed by atoms with Gasteiger partial charge in [-0.05, 0) is 0 Å². The number of hydrogen-bond acceptors (Lipinski definition) is 6. The van der Waals surface area contributed by atoms with Crippen LogP contribution >= 0.6 is 15.5 Å². The molecule has 0 bridgehead atoms. The maximum atomic E-state index is 9.29. The van der Waals surface area contributed by atoms with Crippen LogP contribution in [-0.4, -0.2) is 0 Å². The van der Waals surface area contributed by atoms with E-state index in [0.29, 0.717) is 0 Å². The van der Waals surface area contributed by atoms with Crippen LogP contribution in [0.4, 0.5) is 0 Å². The molecule has 0 atom stereocenters. The van der Waals surface area contributed by atoms with Crippen molar-refractivity contribution in [1.82, 2.24) is 0 Å². The van der Waals surface area contributed by atoms with Crippen LogP contribution in [0.3, 0.4) is 0 Å². The molecule has 0 spiro atoms. The summed E-state index contributed by atoms with van der Waals surface area (Å²) in [5.74, 6) is 0. The van der Waals surface area contributed by atoms with Gasteiger partial charge in [0.1, 0.15) is 0 Å². The Morgan fingerprint density at radius 3 is 1.62 bits per heavy atom. The zero-order chi connectivity index (χ0) is 7.21. The second-order valence-corrected chi connectivity index (χ2v) is 6.13. The summed E-state index contributed by atoms with van der Waals surface area (Å²) in [5, 5.41) is 0. The van der Waals surface area contributed by atoms with Gasteiger partial charge in [0.15, 0.2) is 0 Å². The Kier molecular flexibility index (Phi) is 10.4. The Morgan fingerprint density at radius 1 is 1.62 bits per heavy atom. The predicted octanol–water partition coefficient (Wildman–Crippen LogP) is -0.995. The van der Waals surface area contributed by atoms with Gasteiger partial charge in [-0.2, -0.15) is 11.8 Å². The third-order valence-corrected chi connectivity index (χ3v) is 0.